The molecule has 0 bridgehead atoms. The Kier molecular flexibility index (Phi) is 3.94. The summed E-state index contributed by atoms with van der Waals surface area (Å²) in [5.41, 5.74) is 4.66. The van der Waals surface area contributed by atoms with Gasteiger partial charge in [0.15, 0.2) is 21.3 Å². The Morgan fingerprint density at radius 3 is 2.26 bits per heavy atom. The number of hydrogen-bond donors (Lipinski definition) is 1. The van der Waals surface area contributed by atoms with Crippen molar-refractivity contribution in [1.82, 2.24) is 0 Å². The van der Waals surface area contributed by atoms with Gasteiger partial charge in [0.2, 0.25) is 0 Å². The van der Waals surface area contributed by atoms with E-state index in [1.807, 2.05) is 0 Å². The number of carbonyl (C=O) groups excluding carboxylic acids is 1. The van der Waals surface area contributed by atoms with Crippen LogP contribution in [0.3, 0.4) is 0 Å². The maximum Gasteiger partial charge on any atom is 0.573 e. The second kappa shape index (κ2) is 4.96. The minimum absolute atomic E-state index is 0.427. The summed E-state index contributed by atoms with van der Waals surface area (Å²) in [6, 6.07) is 2.38. The number of alkyl halides is 3. The van der Waals surface area contributed by atoms with Gasteiger partial charge in [-0.05, 0) is 12.1 Å². The lowest BCUT2D eigenvalue weighted by molar-refractivity contribution is -0.275. The van der Waals surface area contributed by atoms with Gasteiger partial charge in [0.1, 0.15) is 0 Å². The molecule has 106 valence electrons. The quantitative estimate of drug-likeness (QED) is 0.911. The second-order valence-electron chi connectivity index (χ2n) is 3.35. The van der Waals surface area contributed by atoms with E-state index in [2.05, 4.69) is 15.2 Å². The molecule has 0 saturated heterocycles. The molecule has 0 unspecified atom stereocenters. The summed E-state index contributed by atoms with van der Waals surface area (Å²) in [5, 5.41) is 0. The molecule has 0 aromatic heterocycles. The van der Waals surface area contributed by atoms with Crippen LogP contribution < -0.4 is 15.2 Å². The lowest BCUT2D eigenvalue weighted by Crippen LogP contribution is -2.20. The van der Waals surface area contributed by atoms with Gasteiger partial charge in [0.05, 0.1) is 4.90 Å². The van der Waals surface area contributed by atoms with Crippen molar-refractivity contribution >= 4 is 15.9 Å². The highest BCUT2D eigenvalue weighted by Gasteiger charge is 2.33. The summed E-state index contributed by atoms with van der Waals surface area (Å²) in [7, 11) is -3.75. The molecule has 0 radical (unpaired) electrons. The third-order valence-electron chi connectivity index (χ3n) is 1.78. The highest BCUT2D eigenvalue weighted by molar-refractivity contribution is 7.90. The van der Waals surface area contributed by atoms with E-state index in [-0.39, 0.29) is 0 Å². The van der Waals surface area contributed by atoms with Crippen molar-refractivity contribution in [3.63, 3.8) is 0 Å². The molecular formula is C9H8F3NO5S. The van der Waals surface area contributed by atoms with E-state index >= 15 is 0 Å². The molecule has 2 N–H and O–H groups in total. The van der Waals surface area contributed by atoms with Gasteiger partial charge in [-0.25, -0.2) is 13.2 Å². The fourth-order valence-corrected chi connectivity index (χ4v) is 1.75. The molecule has 10 heteroatoms. The summed E-state index contributed by atoms with van der Waals surface area (Å²) in [6.45, 7) is 0. The maximum absolute atomic E-state index is 12.1. The monoisotopic (exact) mass is 299 g/mol. The number of rotatable bonds is 3. The van der Waals surface area contributed by atoms with Crippen LogP contribution in [0.15, 0.2) is 23.1 Å². The molecule has 0 aliphatic carbocycles. The molecule has 0 heterocycles. The Balaban J connectivity index is 3.30. The van der Waals surface area contributed by atoms with Crippen molar-refractivity contribution in [2.75, 3.05) is 6.26 Å². The summed E-state index contributed by atoms with van der Waals surface area (Å²) >= 11 is 0. The number of benzene rings is 1. The van der Waals surface area contributed by atoms with Crippen molar-refractivity contribution in [2.24, 2.45) is 5.73 Å². The summed E-state index contributed by atoms with van der Waals surface area (Å²) in [4.78, 5) is 10.1. The number of nitrogens with two attached hydrogens (primary N) is 1. The molecule has 1 rings (SSSR count). The van der Waals surface area contributed by atoms with Gasteiger partial charge in [0.25, 0.3) is 0 Å². The number of sulfone groups is 1. The van der Waals surface area contributed by atoms with Crippen LogP contribution >= 0.6 is 0 Å². The largest absolute Gasteiger partial charge is 0.573 e. The van der Waals surface area contributed by atoms with Crippen LogP contribution in [0.25, 0.3) is 0 Å². The van der Waals surface area contributed by atoms with Crippen molar-refractivity contribution in [1.29, 1.82) is 0 Å². The lowest BCUT2D eigenvalue weighted by Gasteiger charge is -2.13. The first-order chi connectivity index (χ1) is 8.49. The van der Waals surface area contributed by atoms with Gasteiger partial charge >= 0.3 is 12.5 Å². The first-order valence-corrected chi connectivity index (χ1v) is 6.45. The van der Waals surface area contributed by atoms with Gasteiger partial charge in [-0.2, -0.15) is 0 Å². The van der Waals surface area contributed by atoms with Crippen LogP contribution in [-0.2, 0) is 9.84 Å². The fraction of sp³-hybridized carbons (Fsp3) is 0.222. The van der Waals surface area contributed by atoms with Crippen LogP contribution in [0.5, 0.6) is 11.5 Å². The minimum atomic E-state index is -5.08. The second-order valence-corrected chi connectivity index (χ2v) is 5.37. The molecular weight excluding hydrogens is 291 g/mol. The average molecular weight is 299 g/mol. The third-order valence-corrected chi connectivity index (χ3v) is 2.89. The number of carbonyl (C=O) groups is 1. The van der Waals surface area contributed by atoms with Gasteiger partial charge in [-0.1, -0.05) is 0 Å². The van der Waals surface area contributed by atoms with E-state index in [0.29, 0.717) is 6.07 Å². The maximum atomic E-state index is 12.1. The van der Waals surface area contributed by atoms with Gasteiger partial charge in [0, 0.05) is 12.3 Å². The van der Waals surface area contributed by atoms with Crippen LogP contribution in [-0.4, -0.2) is 27.1 Å². The smallest absolute Gasteiger partial charge is 0.407 e. The van der Waals surface area contributed by atoms with Gasteiger partial charge in [-0.3, -0.25) is 0 Å². The lowest BCUT2D eigenvalue weighted by atomic mass is 10.3. The predicted molar refractivity (Wildman–Crippen MR) is 56.4 cm³/mol. The SMILES string of the molecule is CS(=O)(=O)c1ccc(OC(N)=O)c(OC(F)(F)F)c1. The molecule has 0 saturated carbocycles. The van der Waals surface area contributed by atoms with Crippen molar-refractivity contribution in [2.45, 2.75) is 11.3 Å². The zero-order valence-corrected chi connectivity index (χ0v) is 10.2. The molecule has 19 heavy (non-hydrogen) atoms. The molecule has 1 amide bonds. The van der Waals surface area contributed by atoms with E-state index in [9.17, 15) is 26.4 Å². The highest BCUT2D eigenvalue weighted by atomic mass is 32.2. The van der Waals surface area contributed by atoms with Crippen molar-refractivity contribution < 1.29 is 35.9 Å². The molecule has 6 nitrogen and oxygen atoms in total. The van der Waals surface area contributed by atoms with E-state index in [0.717, 1.165) is 18.4 Å². The number of hydrogen-bond acceptors (Lipinski definition) is 5. The standard InChI is InChI=1S/C9H8F3NO5S/c1-19(15,16)5-2-3-6(17-8(13)14)7(4-5)18-9(10,11)12/h2-4H,1H3,(H2,13,14). The van der Waals surface area contributed by atoms with E-state index in [1.54, 1.807) is 0 Å². The van der Waals surface area contributed by atoms with E-state index in [1.165, 1.54) is 0 Å². The normalized spacial score (nSPS) is 12.0. The zero-order chi connectivity index (χ0) is 14.8. The summed E-state index contributed by atoms with van der Waals surface area (Å²) in [5.74, 6) is -1.62. The summed E-state index contributed by atoms with van der Waals surface area (Å²) in [6.07, 6.45) is -5.64. The molecule has 0 atom stereocenters. The number of ether oxygens (including phenoxy) is 2. The molecule has 1 aromatic rings. The van der Waals surface area contributed by atoms with Gasteiger partial charge in [-0.15, -0.1) is 13.2 Å². The highest BCUT2D eigenvalue weighted by Crippen LogP contribution is 2.34. The van der Waals surface area contributed by atoms with Crippen LogP contribution in [0.4, 0.5) is 18.0 Å². The molecule has 0 aliphatic rings. The van der Waals surface area contributed by atoms with E-state index < -0.39 is 38.7 Å². The fourth-order valence-electron chi connectivity index (χ4n) is 1.12. The molecule has 0 spiro atoms. The predicted octanol–water partition coefficient (Wildman–Crippen LogP) is 1.45. The third kappa shape index (κ3) is 4.66. The van der Waals surface area contributed by atoms with Crippen molar-refractivity contribution in [3.8, 4) is 11.5 Å². The first-order valence-electron chi connectivity index (χ1n) is 4.56. The number of halogens is 3. The van der Waals surface area contributed by atoms with E-state index in [4.69, 9.17) is 0 Å². The topological polar surface area (TPSA) is 95.7 Å². The Morgan fingerprint density at radius 2 is 1.84 bits per heavy atom. The van der Waals surface area contributed by atoms with Gasteiger partial charge < -0.3 is 15.2 Å². The first kappa shape index (κ1) is 15.1. The van der Waals surface area contributed by atoms with Crippen LogP contribution in [0.1, 0.15) is 0 Å². The zero-order valence-electron chi connectivity index (χ0n) is 9.39. The number of amides is 1. The molecule has 0 fully saturated rings. The Bertz CT molecular complexity index is 596. The van der Waals surface area contributed by atoms with Crippen LogP contribution in [0, 0.1) is 0 Å². The number of primary amides is 1. The molecule has 0 aliphatic heterocycles. The van der Waals surface area contributed by atoms with Crippen molar-refractivity contribution in [3.05, 3.63) is 18.2 Å². The summed E-state index contributed by atoms with van der Waals surface area (Å²) < 4.78 is 66.7. The average Bonchev–Trinajstić information content (AvgIpc) is 2.15. The molecule has 1 aromatic carbocycles. The Labute approximate surface area is 105 Å². The Morgan fingerprint density at radius 1 is 1.26 bits per heavy atom. The van der Waals surface area contributed by atoms with Crippen LogP contribution in [0.2, 0.25) is 0 Å². The minimum Gasteiger partial charge on any atom is -0.407 e. The Hall–Kier alpha value is -1.97.